The second-order valence-electron chi connectivity index (χ2n) is 1.30. The Morgan fingerprint density at radius 3 is 2.50 bits per heavy atom. The van der Waals surface area contributed by atoms with Crippen LogP contribution in [0.1, 0.15) is 6.92 Å². The van der Waals surface area contributed by atoms with Crippen LogP contribution in [-0.2, 0) is 0 Å². The van der Waals surface area contributed by atoms with Gasteiger partial charge >= 0.3 is 0 Å². The monoisotopic (exact) mass is 106 g/mol. The molecule has 0 rings (SSSR count). The lowest BCUT2D eigenvalue weighted by molar-refractivity contribution is 0.703. The lowest BCUT2D eigenvalue weighted by Crippen LogP contribution is -2.25. The minimum Gasteiger partial charge on any atom is -0.329 e. The average Bonchev–Trinajstić information content (AvgIpc) is 1.65. The molecule has 0 aromatic carbocycles. The summed E-state index contributed by atoms with van der Waals surface area (Å²) in [4.78, 5) is 0. The molecule has 0 heterocycles. The van der Waals surface area contributed by atoms with Gasteiger partial charge in [-0.25, -0.2) is 0 Å². The van der Waals surface area contributed by atoms with Crippen molar-refractivity contribution in [2.45, 2.75) is 13.0 Å². The molecule has 2 nitrogen and oxygen atoms in total. The Morgan fingerprint density at radius 1 is 2.00 bits per heavy atom. The Kier molecular flexibility index (Phi) is 3.74. The van der Waals surface area contributed by atoms with Crippen LogP contribution in [0.15, 0.2) is 0 Å². The summed E-state index contributed by atoms with van der Waals surface area (Å²) < 4.78 is 0. The minimum absolute atomic E-state index is 0.426. The zero-order chi connectivity index (χ0) is 4.99. The fourth-order valence-electron chi connectivity index (χ4n) is 0.0680. The molecule has 0 aromatic rings. The van der Waals surface area contributed by atoms with Crippen molar-refractivity contribution in [1.29, 1.82) is 0 Å². The van der Waals surface area contributed by atoms with E-state index in [0.29, 0.717) is 12.6 Å². The molecule has 2 unspecified atom stereocenters. The van der Waals surface area contributed by atoms with Crippen molar-refractivity contribution >= 4 is 9.39 Å². The van der Waals surface area contributed by atoms with Crippen molar-refractivity contribution < 1.29 is 0 Å². The van der Waals surface area contributed by atoms with Crippen molar-refractivity contribution in [1.82, 2.24) is 5.09 Å². The third kappa shape index (κ3) is 2.58. The van der Waals surface area contributed by atoms with Crippen molar-refractivity contribution in [2.75, 3.05) is 6.54 Å². The van der Waals surface area contributed by atoms with Gasteiger partial charge in [-0.05, 0) is 6.92 Å². The highest BCUT2D eigenvalue weighted by molar-refractivity contribution is 7.13. The van der Waals surface area contributed by atoms with E-state index < -0.39 is 0 Å². The molecule has 0 aromatic heterocycles. The highest BCUT2D eigenvalue weighted by atomic mass is 31.0. The number of nitrogens with one attached hydrogen (secondary N) is 1. The summed E-state index contributed by atoms with van der Waals surface area (Å²) in [6.45, 7) is 2.72. The first kappa shape index (κ1) is 6.35. The molecule has 6 heavy (non-hydrogen) atoms. The molecule has 0 bridgehead atoms. The van der Waals surface area contributed by atoms with Crippen LogP contribution >= 0.6 is 9.39 Å². The topological polar surface area (TPSA) is 38.0 Å². The van der Waals surface area contributed by atoms with Gasteiger partial charge in [-0.2, -0.15) is 0 Å². The van der Waals surface area contributed by atoms with E-state index in [0.717, 1.165) is 0 Å². The number of hydrogen-bond acceptors (Lipinski definition) is 2. The van der Waals surface area contributed by atoms with Gasteiger partial charge in [0.2, 0.25) is 0 Å². The Labute approximate surface area is 40.7 Å². The fourth-order valence-corrected chi connectivity index (χ4v) is 0.204. The van der Waals surface area contributed by atoms with Gasteiger partial charge in [-0.1, -0.05) is 9.39 Å². The summed E-state index contributed by atoms with van der Waals surface area (Å²) in [5, 5.41) is 2.91. The van der Waals surface area contributed by atoms with Crippen LogP contribution in [0.25, 0.3) is 0 Å². The maximum atomic E-state index is 5.21. The van der Waals surface area contributed by atoms with Gasteiger partial charge in [0, 0.05) is 12.6 Å². The van der Waals surface area contributed by atoms with E-state index >= 15 is 0 Å². The lowest BCUT2D eigenvalue weighted by atomic mass is 10.4. The zero-order valence-corrected chi connectivity index (χ0v) is 5.09. The van der Waals surface area contributed by atoms with Gasteiger partial charge < -0.3 is 5.73 Å². The summed E-state index contributed by atoms with van der Waals surface area (Å²) in [6.07, 6.45) is 0. The molecule has 3 heteroatoms. The van der Waals surface area contributed by atoms with E-state index in [1.54, 1.807) is 0 Å². The van der Waals surface area contributed by atoms with Gasteiger partial charge in [-0.15, -0.1) is 0 Å². The van der Waals surface area contributed by atoms with Crippen LogP contribution in [0.2, 0.25) is 0 Å². The van der Waals surface area contributed by atoms with Crippen LogP contribution < -0.4 is 10.8 Å². The summed E-state index contributed by atoms with van der Waals surface area (Å²) in [7, 11) is 2.41. The largest absolute Gasteiger partial charge is 0.329 e. The maximum Gasteiger partial charge on any atom is 0.0193 e. The van der Waals surface area contributed by atoms with Crippen LogP contribution in [0.4, 0.5) is 0 Å². The summed E-state index contributed by atoms with van der Waals surface area (Å²) >= 11 is 0. The first-order valence-corrected chi connectivity index (χ1v) is 2.55. The van der Waals surface area contributed by atoms with E-state index in [-0.39, 0.29) is 0 Å². The molecule has 0 fully saturated rings. The van der Waals surface area contributed by atoms with Crippen molar-refractivity contribution in [3.8, 4) is 0 Å². The Hall–Kier alpha value is 0.350. The molecule has 0 aliphatic rings. The highest BCUT2D eigenvalue weighted by Gasteiger charge is 1.87. The first-order valence-electron chi connectivity index (χ1n) is 1.97. The van der Waals surface area contributed by atoms with E-state index in [4.69, 9.17) is 5.73 Å². The van der Waals surface area contributed by atoms with Gasteiger partial charge in [0.15, 0.2) is 0 Å². The van der Waals surface area contributed by atoms with Crippen LogP contribution in [0.3, 0.4) is 0 Å². The van der Waals surface area contributed by atoms with Crippen molar-refractivity contribution in [3.05, 3.63) is 0 Å². The van der Waals surface area contributed by atoms with Gasteiger partial charge in [0.05, 0.1) is 0 Å². The molecular formula is C3H11N2P. The highest BCUT2D eigenvalue weighted by Crippen LogP contribution is 1.77. The predicted molar refractivity (Wildman–Crippen MR) is 31.4 cm³/mol. The van der Waals surface area contributed by atoms with Crippen LogP contribution in [0.5, 0.6) is 0 Å². The van der Waals surface area contributed by atoms with Gasteiger partial charge in [-0.3, -0.25) is 5.09 Å². The lowest BCUT2D eigenvalue weighted by Gasteiger charge is -2.02. The third-order valence-corrected chi connectivity index (χ3v) is 1.21. The molecule has 0 saturated carbocycles. The molecular weight excluding hydrogens is 95.0 g/mol. The number of nitrogens with two attached hydrogens (primary N) is 1. The second kappa shape index (κ2) is 3.54. The van der Waals surface area contributed by atoms with E-state index in [1.807, 2.05) is 6.92 Å². The summed E-state index contributed by atoms with van der Waals surface area (Å²) in [5.74, 6) is 0. The quantitative estimate of drug-likeness (QED) is 0.475. The van der Waals surface area contributed by atoms with Gasteiger partial charge in [0.1, 0.15) is 0 Å². The third-order valence-electron chi connectivity index (χ3n) is 0.638. The standard InChI is InChI=1S/C3H11N2P/c1-3(2-4)5-6/h3,5H,2,4,6H2,1H3. The normalized spacial score (nSPS) is 14.5. The fraction of sp³-hybridized carbons (Fsp3) is 1.00. The predicted octanol–water partition coefficient (Wildman–Crippen LogP) is -0.287. The smallest absolute Gasteiger partial charge is 0.0193 e. The van der Waals surface area contributed by atoms with E-state index in [9.17, 15) is 0 Å². The SMILES string of the molecule is CC(CN)NP. The molecule has 0 saturated heterocycles. The van der Waals surface area contributed by atoms with Crippen molar-refractivity contribution in [2.24, 2.45) is 5.73 Å². The second-order valence-corrected chi connectivity index (χ2v) is 1.64. The Balaban J connectivity index is 2.75. The zero-order valence-electron chi connectivity index (χ0n) is 3.94. The molecule has 0 spiro atoms. The summed E-state index contributed by atoms with van der Waals surface area (Å²) in [6, 6.07) is 0.426. The van der Waals surface area contributed by atoms with Crippen LogP contribution in [0, 0.1) is 0 Å². The van der Waals surface area contributed by atoms with Crippen LogP contribution in [-0.4, -0.2) is 12.6 Å². The Bertz CT molecular complexity index is 28.0. The average molecular weight is 106 g/mol. The van der Waals surface area contributed by atoms with E-state index in [2.05, 4.69) is 14.5 Å². The van der Waals surface area contributed by atoms with Crippen molar-refractivity contribution in [3.63, 3.8) is 0 Å². The Morgan fingerprint density at radius 2 is 2.50 bits per heavy atom. The van der Waals surface area contributed by atoms with Gasteiger partial charge in [0.25, 0.3) is 0 Å². The number of rotatable bonds is 2. The molecule has 38 valence electrons. The first-order chi connectivity index (χ1) is 2.81. The molecule has 0 radical (unpaired) electrons. The minimum atomic E-state index is 0.426. The molecule has 0 aliphatic carbocycles. The molecule has 0 amide bonds. The summed E-state index contributed by atoms with van der Waals surface area (Å²) in [5.41, 5.74) is 5.21. The molecule has 3 N–H and O–H groups in total. The van der Waals surface area contributed by atoms with E-state index in [1.165, 1.54) is 0 Å². The molecule has 0 aliphatic heterocycles. The maximum absolute atomic E-state index is 5.21. The number of hydrogen-bond donors (Lipinski definition) is 2. The molecule has 2 atom stereocenters.